The smallest absolute Gasteiger partial charge is 0.159 e. The zero-order valence-electron chi connectivity index (χ0n) is 5.95. The maximum Gasteiger partial charge on any atom is 0.159 e. The Morgan fingerprint density at radius 1 is 1.36 bits per heavy atom. The molecule has 0 N–H and O–H groups in total. The first-order valence-electron chi connectivity index (χ1n) is 3.21. The monoisotopic (exact) mass is 259 g/mol. The molecule has 0 aromatic carbocycles. The van der Waals surface area contributed by atoms with Gasteiger partial charge in [0, 0.05) is 19.4 Å². The molecule has 0 aliphatic rings. The zero-order valence-corrected chi connectivity index (χ0v) is 8.11. The molecule has 0 fully saturated rings. The molecule has 0 atom stereocenters. The molecule has 2 heterocycles. The van der Waals surface area contributed by atoms with E-state index in [2.05, 4.69) is 32.6 Å². The van der Waals surface area contributed by atoms with E-state index < -0.39 is 0 Å². The van der Waals surface area contributed by atoms with Crippen molar-refractivity contribution in [2.24, 2.45) is 7.05 Å². The largest absolute Gasteiger partial charge is 0.323 e. The number of aryl methyl sites for hydroxylation is 1. The van der Waals surface area contributed by atoms with Crippen LogP contribution in [0, 0.1) is 3.70 Å². The summed E-state index contributed by atoms with van der Waals surface area (Å²) in [6.07, 6.45) is 3.41. The van der Waals surface area contributed by atoms with Crippen LogP contribution in [0.2, 0.25) is 0 Å². The zero-order chi connectivity index (χ0) is 7.84. The van der Waals surface area contributed by atoms with Crippen molar-refractivity contribution in [1.29, 1.82) is 0 Å². The maximum atomic E-state index is 4.20. The predicted octanol–water partition coefficient (Wildman–Crippen LogP) is 1.57. The molecule has 0 unspecified atom stereocenters. The van der Waals surface area contributed by atoms with Crippen molar-refractivity contribution >= 4 is 33.8 Å². The highest BCUT2D eigenvalue weighted by Crippen LogP contribution is 2.14. The summed E-state index contributed by atoms with van der Waals surface area (Å²) in [5, 5.41) is 0. The summed E-state index contributed by atoms with van der Waals surface area (Å²) < 4.78 is 3.17. The Hall–Kier alpha value is -0.650. The van der Waals surface area contributed by atoms with Gasteiger partial charge in [0.05, 0.1) is 3.70 Å². The van der Waals surface area contributed by atoms with Gasteiger partial charge in [0.1, 0.15) is 5.52 Å². The van der Waals surface area contributed by atoms with Gasteiger partial charge in [-0.2, -0.15) is 0 Å². The Balaban J connectivity index is 2.92. The highest BCUT2D eigenvalue weighted by molar-refractivity contribution is 14.1. The first kappa shape index (κ1) is 7.02. The lowest BCUT2D eigenvalue weighted by Crippen LogP contribution is -1.91. The lowest BCUT2D eigenvalue weighted by molar-refractivity contribution is 0.918. The Kier molecular flexibility index (Phi) is 1.56. The Morgan fingerprint density at radius 3 is 2.82 bits per heavy atom. The maximum absolute atomic E-state index is 4.20. The molecule has 0 aliphatic heterocycles. The van der Waals surface area contributed by atoms with Gasteiger partial charge in [-0.25, -0.2) is 4.98 Å². The van der Waals surface area contributed by atoms with Crippen molar-refractivity contribution in [1.82, 2.24) is 14.5 Å². The van der Waals surface area contributed by atoms with Gasteiger partial charge in [0.2, 0.25) is 0 Å². The molecular formula is C7H6IN3. The highest BCUT2D eigenvalue weighted by Gasteiger charge is 2.02. The van der Waals surface area contributed by atoms with E-state index >= 15 is 0 Å². The second-order valence-electron chi connectivity index (χ2n) is 2.29. The van der Waals surface area contributed by atoms with E-state index in [1.807, 2.05) is 17.7 Å². The van der Waals surface area contributed by atoms with Gasteiger partial charge in [0.15, 0.2) is 5.65 Å². The third-order valence-electron chi connectivity index (χ3n) is 1.60. The molecule has 0 bridgehead atoms. The summed E-state index contributed by atoms with van der Waals surface area (Å²) in [5.41, 5.74) is 1.90. The third kappa shape index (κ3) is 1.01. The molecule has 0 radical (unpaired) electrons. The Bertz CT molecular complexity index is 393. The molecule has 0 aliphatic carbocycles. The van der Waals surface area contributed by atoms with E-state index in [-0.39, 0.29) is 0 Å². The van der Waals surface area contributed by atoms with Gasteiger partial charge in [0.25, 0.3) is 0 Å². The van der Waals surface area contributed by atoms with Gasteiger partial charge >= 0.3 is 0 Å². The molecule has 3 nitrogen and oxygen atoms in total. The first-order chi connectivity index (χ1) is 5.29. The molecule has 2 aromatic rings. The number of halogens is 1. The van der Waals surface area contributed by atoms with Crippen molar-refractivity contribution in [2.45, 2.75) is 0 Å². The molecule has 2 rings (SSSR count). The summed E-state index contributed by atoms with van der Waals surface area (Å²) >= 11 is 2.26. The molecule has 4 heteroatoms. The SMILES string of the molecule is Cn1c(I)cc2nccnc21. The van der Waals surface area contributed by atoms with Crippen molar-refractivity contribution in [2.75, 3.05) is 0 Å². The second kappa shape index (κ2) is 2.44. The van der Waals surface area contributed by atoms with Crippen LogP contribution in [0.3, 0.4) is 0 Å². The van der Waals surface area contributed by atoms with E-state index in [4.69, 9.17) is 0 Å². The normalized spacial score (nSPS) is 10.7. The standard InChI is InChI=1S/C7H6IN3/c1-11-6(8)4-5-7(11)10-3-2-9-5/h2-4H,1H3. The van der Waals surface area contributed by atoms with Crippen LogP contribution >= 0.6 is 22.6 Å². The summed E-state index contributed by atoms with van der Waals surface area (Å²) in [4.78, 5) is 8.37. The van der Waals surface area contributed by atoms with E-state index in [1.54, 1.807) is 12.4 Å². The highest BCUT2D eigenvalue weighted by atomic mass is 127. The van der Waals surface area contributed by atoms with Crippen molar-refractivity contribution < 1.29 is 0 Å². The van der Waals surface area contributed by atoms with Gasteiger partial charge < -0.3 is 4.57 Å². The number of hydrogen-bond donors (Lipinski definition) is 0. The summed E-state index contributed by atoms with van der Waals surface area (Å²) in [5.74, 6) is 0. The van der Waals surface area contributed by atoms with Crippen LogP contribution in [0.1, 0.15) is 0 Å². The molecule has 2 aromatic heterocycles. The molecule has 0 amide bonds. The number of aromatic nitrogens is 3. The van der Waals surface area contributed by atoms with E-state index in [9.17, 15) is 0 Å². The van der Waals surface area contributed by atoms with E-state index in [1.165, 1.54) is 0 Å². The minimum atomic E-state index is 0.942. The quantitative estimate of drug-likeness (QED) is 0.672. The van der Waals surface area contributed by atoms with Crippen LogP contribution in [-0.4, -0.2) is 14.5 Å². The average Bonchev–Trinajstić information content (AvgIpc) is 2.30. The summed E-state index contributed by atoms with van der Waals surface area (Å²) in [6.45, 7) is 0. The number of rotatable bonds is 0. The lowest BCUT2D eigenvalue weighted by Gasteiger charge is -1.93. The summed E-state index contributed by atoms with van der Waals surface area (Å²) in [7, 11) is 1.98. The van der Waals surface area contributed by atoms with Crippen LogP contribution in [0.25, 0.3) is 11.2 Å². The Labute approximate surface area is 77.6 Å². The van der Waals surface area contributed by atoms with E-state index in [0.717, 1.165) is 14.9 Å². The van der Waals surface area contributed by atoms with Crippen LogP contribution in [0.4, 0.5) is 0 Å². The molecule has 11 heavy (non-hydrogen) atoms. The molecule has 0 saturated heterocycles. The minimum Gasteiger partial charge on any atom is -0.323 e. The number of hydrogen-bond acceptors (Lipinski definition) is 2. The third-order valence-corrected chi connectivity index (χ3v) is 2.64. The topological polar surface area (TPSA) is 30.7 Å². The fraction of sp³-hybridized carbons (Fsp3) is 0.143. The molecular weight excluding hydrogens is 253 g/mol. The minimum absolute atomic E-state index is 0.942. The van der Waals surface area contributed by atoms with Crippen LogP contribution in [-0.2, 0) is 7.05 Å². The average molecular weight is 259 g/mol. The molecule has 0 spiro atoms. The summed E-state index contributed by atoms with van der Waals surface area (Å²) in [6, 6.07) is 2.02. The fourth-order valence-corrected chi connectivity index (χ4v) is 1.54. The van der Waals surface area contributed by atoms with Gasteiger partial charge in [-0.1, -0.05) is 0 Å². The lowest BCUT2D eigenvalue weighted by atomic mass is 10.5. The van der Waals surface area contributed by atoms with Crippen LogP contribution in [0.5, 0.6) is 0 Å². The van der Waals surface area contributed by atoms with Gasteiger partial charge in [-0.15, -0.1) is 0 Å². The molecule has 56 valence electrons. The van der Waals surface area contributed by atoms with Crippen molar-refractivity contribution in [3.8, 4) is 0 Å². The van der Waals surface area contributed by atoms with E-state index in [0.29, 0.717) is 0 Å². The second-order valence-corrected chi connectivity index (χ2v) is 3.40. The van der Waals surface area contributed by atoms with Crippen molar-refractivity contribution in [3.05, 3.63) is 22.2 Å². The van der Waals surface area contributed by atoms with Gasteiger partial charge in [-0.05, 0) is 28.7 Å². The van der Waals surface area contributed by atoms with Crippen molar-refractivity contribution in [3.63, 3.8) is 0 Å². The van der Waals surface area contributed by atoms with Crippen LogP contribution < -0.4 is 0 Å². The first-order valence-corrected chi connectivity index (χ1v) is 4.29. The van der Waals surface area contributed by atoms with Gasteiger partial charge in [-0.3, -0.25) is 4.98 Å². The molecule has 0 saturated carbocycles. The number of fused-ring (bicyclic) bond motifs is 1. The Morgan fingerprint density at radius 2 is 2.09 bits per heavy atom. The number of nitrogens with zero attached hydrogens (tertiary/aromatic N) is 3. The predicted molar refractivity (Wildman–Crippen MR) is 51.2 cm³/mol. The fourth-order valence-electron chi connectivity index (χ4n) is 1.01. The van der Waals surface area contributed by atoms with Crippen LogP contribution in [0.15, 0.2) is 18.5 Å².